The third-order valence-corrected chi connectivity index (χ3v) is 7.90. The molecule has 1 saturated heterocycles. The number of nitrogens with one attached hydrogen (secondary N) is 1. The Bertz CT molecular complexity index is 1410. The van der Waals surface area contributed by atoms with Gasteiger partial charge < -0.3 is 5.32 Å². The van der Waals surface area contributed by atoms with Crippen molar-refractivity contribution < 1.29 is 4.79 Å². The van der Waals surface area contributed by atoms with Crippen LogP contribution in [0.5, 0.6) is 0 Å². The molecule has 3 heterocycles. The Kier molecular flexibility index (Phi) is 6.23. The number of piperidine rings is 1. The van der Waals surface area contributed by atoms with Gasteiger partial charge in [0.15, 0.2) is 4.96 Å². The van der Waals surface area contributed by atoms with Crippen LogP contribution in [0, 0.1) is 26.7 Å². The number of aromatic nitrogens is 2. The molecule has 2 aromatic carbocycles. The van der Waals surface area contributed by atoms with Crippen molar-refractivity contribution in [2.24, 2.45) is 5.92 Å². The van der Waals surface area contributed by atoms with E-state index >= 15 is 0 Å². The number of aryl methyl sites for hydroxylation is 3. The maximum atomic E-state index is 12.9. The molecule has 1 aliphatic rings. The lowest BCUT2D eigenvalue weighted by molar-refractivity contribution is 0.0939. The fourth-order valence-corrected chi connectivity index (χ4v) is 5.58. The summed E-state index contributed by atoms with van der Waals surface area (Å²) in [5.41, 5.74) is 6.25. The summed E-state index contributed by atoms with van der Waals surface area (Å²) in [5.74, 6) is 0.268. The van der Waals surface area contributed by atoms with Gasteiger partial charge in [0.25, 0.3) is 11.5 Å². The van der Waals surface area contributed by atoms with Crippen molar-refractivity contribution in [3.05, 3.63) is 79.9 Å². The molecule has 34 heavy (non-hydrogen) atoms. The fourth-order valence-electron chi connectivity index (χ4n) is 4.63. The molecule has 2 aromatic heterocycles. The quantitative estimate of drug-likeness (QED) is 0.463. The average Bonchev–Trinajstić information content (AvgIpc) is 3.17. The smallest absolute Gasteiger partial charge is 0.261 e. The van der Waals surface area contributed by atoms with Crippen molar-refractivity contribution in [2.45, 2.75) is 40.2 Å². The molecule has 0 bridgehead atoms. The van der Waals surface area contributed by atoms with E-state index in [0.717, 1.165) is 54.6 Å². The summed E-state index contributed by atoms with van der Waals surface area (Å²) in [6.45, 7) is 9.85. The zero-order valence-electron chi connectivity index (χ0n) is 19.9. The first kappa shape index (κ1) is 22.7. The van der Waals surface area contributed by atoms with E-state index in [0.29, 0.717) is 22.3 Å². The van der Waals surface area contributed by atoms with Crippen molar-refractivity contribution in [3.63, 3.8) is 0 Å². The lowest BCUT2D eigenvalue weighted by Crippen LogP contribution is -2.38. The number of amides is 1. The van der Waals surface area contributed by atoms with Crippen molar-refractivity contribution in [3.8, 4) is 0 Å². The zero-order chi connectivity index (χ0) is 23.8. The van der Waals surface area contributed by atoms with Crippen LogP contribution in [-0.2, 0) is 6.54 Å². The maximum absolute atomic E-state index is 12.9. The highest BCUT2D eigenvalue weighted by atomic mass is 32.1. The minimum atomic E-state index is -0.214. The zero-order valence-corrected chi connectivity index (χ0v) is 20.7. The van der Waals surface area contributed by atoms with Gasteiger partial charge in [-0.25, -0.2) is 4.98 Å². The number of hydrogen-bond donors (Lipinski definition) is 1. The van der Waals surface area contributed by atoms with Crippen LogP contribution in [0.3, 0.4) is 0 Å². The molecule has 0 atom stereocenters. The standard InChI is InChI=1S/C27H30N4O2S/c1-17-4-6-21(7-5-17)16-30-10-8-20(9-11-30)15-28-26(33)24-14-25(32)31-23-13-19(3)18(2)12-22(23)29-27(31)34-24/h4-7,12-14,20H,8-11,15-16H2,1-3H3,(H,28,33). The number of fused-ring (bicyclic) bond motifs is 3. The molecule has 0 aliphatic carbocycles. The monoisotopic (exact) mass is 474 g/mol. The molecule has 0 unspecified atom stereocenters. The van der Waals surface area contributed by atoms with Crippen LogP contribution in [0.15, 0.2) is 47.3 Å². The summed E-state index contributed by atoms with van der Waals surface area (Å²) >= 11 is 1.27. The van der Waals surface area contributed by atoms with E-state index in [4.69, 9.17) is 0 Å². The summed E-state index contributed by atoms with van der Waals surface area (Å²) in [6.07, 6.45) is 2.12. The molecule has 1 N–H and O–H groups in total. The predicted octanol–water partition coefficient (Wildman–Crippen LogP) is 4.48. The first-order valence-corrected chi connectivity index (χ1v) is 12.7. The van der Waals surface area contributed by atoms with E-state index in [1.165, 1.54) is 28.5 Å². The second-order valence-corrected chi connectivity index (χ2v) is 10.5. The Morgan fingerprint density at radius 3 is 2.50 bits per heavy atom. The third-order valence-electron chi connectivity index (χ3n) is 6.92. The Morgan fingerprint density at radius 2 is 1.76 bits per heavy atom. The summed E-state index contributed by atoms with van der Waals surface area (Å²) in [6, 6.07) is 14.2. The van der Waals surface area contributed by atoms with Gasteiger partial charge in [0.05, 0.1) is 11.0 Å². The van der Waals surface area contributed by atoms with Crippen molar-refractivity contribution in [1.82, 2.24) is 19.6 Å². The first-order chi connectivity index (χ1) is 16.4. The van der Waals surface area contributed by atoms with Crippen molar-refractivity contribution >= 4 is 33.2 Å². The van der Waals surface area contributed by atoms with E-state index in [2.05, 4.69) is 46.4 Å². The SMILES string of the molecule is Cc1ccc(CN2CCC(CNC(=O)c3cc(=O)n4c(nc5cc(C)c(C)cc54)s3)CC2)cc1. The van der Waals surface area contributed by atoms with Gasteiger partial charge in [-0.05, 0) is 81.4 Å². The van der Waals surface area contributed by atoms with Crippen LogP contribution >= 0.6 is 11.3 Å². The fraction of sp³-hybridized carbons (Fsp3) is 0.370. The molecular formula is C27H30N4O2S. The van der Waals surface area contributed by atoms with Gasteiger partial charge >= 0.3 is 0 Å². The Balaban J connectivity index is 1.21. The van der Waals surface area contributed by atoms with E-state index in [1.807, 2.05) is 26.0 Å². The number of carbonyl (C=O) groups is 1. The van der Waals surface area contributed by atoms with Gasteiger partial charge in [0.1, 0.15) is 4.88 Å². The van der Waals surface area contributed by atoms with Crippen LogP contribution in [0.25, 0.3) is 16.0 Å². The Labute approximate surface area is 203 Å². The van der Waals surface area contributed by atoms with E-state index in [-0.39, 0.29) is 11.5 Å². The van der Waals surface area contributed by atoms with Crippen molar-refractivity contribution in [1.29, 1.82) is 0 Å². The number of rotatable bonds is 5. The van der Waals surface area contributed by atoms with Crippen LogP contribution in [0.1, 0.15) is 44.8 Å². The number of hydrogen-bond acceptors (Lipinski definition) is 5. The normalized spacial score (nSPS) is 15.3. The highest BCUT2D eigenvalue weighted by Gasteiger charge is 2.21. The number of carbonyl (C=O) groups excluding carboxylic acids is 1. The molecular weight excluding hydrogens is 444 g/mol. The second kappa shape index (κ2) is 9.31. The molecule has 6 nitrogen and oxygen atoms in total. The predicted molar refractivity (Wildman–Crippen MR) is 138 cm³/mol. The summed E-state index contributed by atoms with van der Waals surface area (Å²) in [5, 5.41) is 3.06. The molecule has 4 aromatic rings. The lowest BCUT2D eigenvalue weighted by atomic mass is 9.96. The maximum Gasteiger partial charge on any atom is 0.261 e. The molecule has 176 valence electrons. The van der Waals surface area contributed by atoms with Crippen LogP contribution in [-0.4, -0.2) is 39.8 Å². The minimum Gasteiger partial charge on any atom is -0.351 e. The molecule has 1 fully saturated rings. The summed E-state index contributed by atoms with van der Waals surface area (Å²) in [7, 11) is 0. The van der Waals surface area contributed by atoms with Gasteiger partial charge in [0, 0.05) is 19.2 Å². The average molecular weight is 475 g/mol. The molecule has 7 heteroatoms. The van der Waals surface area contributed by atoms with E-state index in [1.54, 1.807) is 4.40 Å². The van der Waals surface area contributed by atoms with Gasteiger partial charge in [-0.15, -0.1) is 0 Å². The van der Waals surface area contributed by atoms with E-state index in [9.17, 15) is 9.59 Å². The van der Waals surface area contributed by atoms with Crippen LogP contribution in [0.4, 0.5) is 0 Å². The van der Waals surface area contributed by atoms with Gasteiger partial charge in [-0.1, -0.05) is 41.2 Å². The topological polar surface area (TPSA) is 66.7 Å². The minimum absolute atomic E-state index is 0.189. The molecule has 0 spiro atoms. The second-order valence-electron chi connectivity index (χ2n) is 9.52. The largest absolute Gasteiger partial charge is 0.351 e. The van der Waals surface area contributed by atoms with Gasteiger partial charge in [-0.2, -0.15) is 0 Å². The highest BCUT2D eigenvalue weighted by molar-refractivity contribution is 7.18. The Morgan fingerprint density at radius 1 is 1.06 bits per heavy atom. The third kappa shape index (κ3) is 4.63. The first-order valence-electron chi connectivity index (χ1n) is 11.9. The molecule has 1 amide bonds. The van der Waals surface area contributed by atoms with Crippen molar-refractivity contribution in [2.75, 3.05) is 19.6 Å². The van der Waals surface area contributed by atoms with Gasteiger partial charge in [0.2, 0.25) is 0 Å². The van der Waals surface area contributed by atoms with Crippen LogP contribution < -0.4 is 10.9 Å². The highest BCUT2D eigenvalue weighted by Crippen LogP contribution is 2.23. The Hall–Kier alpha value is -3.03. The summed E-state index contributed by atoms with van der Waals surface area (Å²) in [4.78, 5) is 33.8. The van der Waals surface area contributed by atoms with E-state index < -0.39 is 0 Å². The van der Waals surface area contributed by atoms with Gasteiger partial charge in [-0.3, -0.25) is 18.9 Å². The number of likely N-dealkylation sites (tertiary alicyclic amines) is 1. The molecule has 5 rings (SSSR count). The number of nitrogens with zero attached hydrogens (tertiary/aromatic N) is 3. The lowest BCUT2D eigenvalue weighted by Gasteiger charge is -2.32. The number of imidazole rings is 1. The van der Waals surface area contributed by atoms with Crippen LogP contribution in [0.2, 0.25) is 0 Å². The summed E-state index contributed by atoms with van der Waals surface area (Å²) < 4.78 is 1.60. The number of benzene rings is 2. The molecule has 1 aliphatic heterocycles. The molecule has 0 radical (unpaired) electrons. The molecule has 0 saturated carbocycles.